The number of carbonyl (C=O) groups is 1. The maximum atomic E-state index is 10.0. The van der Waals surface area contributed by atoms with Crippen LogP contribution in [0.5, 0.6) is 0 Å². The van der Waals surface area contributed by atoms with Crippen LogP contribution < -0.4 is 20.7 Å². The molecule has 33 heavy (non-hydrogen) atoms. The summed E-state index contributed by atoms with van der Waals surface area (Å²) < 4.78 is 0. The standard InChI is InChI=1S/C23H16NSi.C5H8O2.Rh/c1-3-10-18(11-4-1)25(19-12-5-2-6-13-19)21-15-8-7-14-20(21)23-22(25)16-9-17-24-23;1-4(6)3-5(2)7;/h1-13,15-17H;3,6H,1-2H3;/q-1;;/b;4-3-;. The van der Waals surface area contributed by atoms with Crippen LogP contribution in [0.3, 0.4) is 0 Å². The van der Waals surface area contributed by atoms with Crippen molar-refractivity contribution in [3.05, 3.63) is 115 Å². The van der Waals surface area contributed by atoms with Gasteiger partial charge in [0.25, 0.3) is 0 Å². The van der Waals surface area contributed by atoms with Crippen LogP contribution in [0, 0.1) is 6.07 Å². The molecule has 1 radical (unpaired) electrons. The molecule has 0 aliphatic carbocycles. The Morgan fingerprint density at radius 1 is 0.848 bits per heavy atom. The van der Waals surface area contributed by atoms with Crippen molar-refractivity contribution in [3.8, 4) is 11.3 Å². The number of aliphatic hydroxyl groups is 1. The topological polar surface area (TPSA) is 50.2 Å². The first kappa shape index (κ1) is 24.5. The molecule has 0 bridgehead atoms. The summed E-state index contributed by atoms with van der Waals surface area (Å²) >= 11 is 0. The van der Waals surface area contributed by atoms with E-state index in [2.05, 4.69) is 91.0 Å². The molecule has 3 aromatic carbocycles. The van der Waals surface area contributed by atoms with Crippen LogP contribution in [0.4, 0.5) is 0 Å². The molecule has 3 nitrogen and oxygen atoms in total. The van der Waals surface area contributed by atoms with Crippen molar-refractivity contribution in [1.29, 1.82) is 0 Å². The zero-order chi connectivity index (χ0) is 22.6. The number of hydrogen-bond acceptors (Lipinski definition) is 3. The maximum Gasteiger partial charge on any atom is 0.155 e. The summed E-state index contributed by atoms with van der Waals surface area (Å²) in [6.07, 6.45) is 3.06. The van der Waals surface area contributed by atoms with Gasteiger partial charge in [-0.3, -0.25) is 4.79 Å². The van der Waals surface area contributed by atoms with Gasteiger partial charge in [0.05, 0.1) is 5.76 Å². The third-order valence-corrected chi connectivity index (χ3v) is 10.4. The second-order valence-corrected chi connectivity index (χ2v) is 11.5. The van der Waals surface area contributed by atoms with Crippen LogP contribution in [0.2, 0.25) is 0 Å². The molecule has 0 saturated carbocycles. The molecule has 1 aliphatic rings. The first-order chi connectivity index (χ1) is 15.5. The Morgan fingerprint density at radius 2 is 1.42 bits per heavy atom. The summed E-state index contributed by atoms with van der Waals surface area (Å²) in [5.41, 5.74) is 2.26. The van der Waals surface area contributed by atoms with Crippen molar-refractivity contribution in [1.82, 2.24) is 4.98 Å². The van der Waals surface area contributed by atoms with Gasteiger partial charge in [-0.25, -0.2) is 0 Å². The zero-order valence-corrected chi connectivity index (χ0v) is 21.1. The van der Waals surface area contributed by atoms with Crippen molar-refractivity contribution in [2.45, 2.75) is 13.8 Å². The van der Waals surface area contributed by atoms with E-state index in [4.69, 9.17) is 10.1 Å². The molecule has 1 aromatic heterocycles. The fraction of sp³-hybridized carbons (Fsp3) is 0.0714. The van der Waals surface area contributed by atoms with Crippen molar-refractivity contribution in [2.24, 2.45) is 0 Å². The third kappa shape index (κ3) is 4.66. The molecule has 1 aliphatic heterocycles. The van der Waals surface area contributed by atoms with Crippen LogP contribution in [0.25, 0.3) is 11.3 Å². The Morgan fingerprint density at radius 3 is 1.94 bits per heavy atom. The van der Waals surface area contributed by atoms with E-state index in [9.17, 15) is 4.79 Å². The van der Waals surface area contributed by atoms with E-state index >= 15 is 0 Å². The molecule has 0 fully saturated rings. The summed E-state index contributed by atoms with van der Waals surface area (Å²) in [7, 11) is -2.32. The van der Waals surface area contributed by atoms with Gasteiger partial charge in [0.1, 0.15) is 8.07 Å². The number of pyridine rings is 1. The second kappa shape index (κ2) is 10.7. The molecule has 0 spiro atoms. The average Bonchev–Trinajstić information content (AvgIpc) is 3.11. The number of hydrogen-bond donors (Lipinski definition) is 1. The predicted octanol–water partition coefficient (Wildman–Crippen LogP) is 3.27. The molecule has 5 heteroatoms. The van der Waals surface area contributed by atoms with Gasteiger partial charge in [0.15, 0.2) is 5.78 Å². The first-order valence-electron chi connectivity index (χ1n) is 10.5. The van der Waals surface area contributed by atoms with Crippen molar-refractivity contribution in [2.75, 3.05) is 0 Å². The number of aromatic nitrogens is 1. The monoisotopic (exact) mass is 537 g/mol. The van der Waals surface area contributed by atoms with E-state index in [-0.39, 0.29) is 31.0 Å². The Balaban J connectivity index is 0.000000337. The van der Waals surface area contributed by atoms with Crippen LogP contribution in [0.15, 0.2) is 109 Å². The van der Waals surface area contributed by atoms with Gasteiger partial charge in [-0.1, -0.05) is 82.3 Å². The van der Waals surface area contributed by atoms with E-state index < -0.39 is 8.07 Å². The Labute approximate surface area is 208 Å². The zero-order valence-electron chi connectivity index (χ0n) is 18.5. The van der Waals surface area contributed by atoms with E-state index in [0.717, 1.165) is 11.3 Å². The van der Waals surface area contributed by atoms with E-state index in [1.54, 1.807) is 0 Å². The van der Waals surface area contributed by atoms with E-state index in [1.165, 1.54) is 40.7 Å². The SMILES string of the molecule is CC(=O)/C=C(/C)O.[Rh].[c-]1cccc2c1-c1ncccc1[Si]2(c1ccccc1)c1ccccc1. The summed E-state index contributed by atoms with van der Waals surface area (Å²) in [6, 6.07) is 36.1. The smallest absolute Gasteiger partial charge is 0.155 e. The number of allylic oxidation sites excluding steroid dienone is 2. The minimum Gasteiger partial charge on any atom is -0.512 e. The van der Waals surface area contributed by atoms with Crippen molar-refractivity contribution < 1.29 is 29.4 Å². The number of rotatable bonds is 3. The molecule has 0 unspecified atom stereocenters. The number of fused-ring (bicyclic) bond motifs is 3. The number of nitrogens with zero attached hydrogens (tertiary/aromatic N) is 1. The minimum atomic E-state index is -2.32. The maximum absolute atomic E-state index is 10.0. The van der Waals surface area contributed by atoms with Crippen LogP contribution in [0.1, 0.15) is 13.8 Å². The first-order valence-corrected chi connectivity index (χ1v) is 12.5. The van der Waals surface area contributed by atoms with E-state index in [0.29, 0.717) is 0 Å². The van der Waals surface area contributed by atoms with Gasteiger partial charge in [-0.15, -0.1) is 35.0 Å². The molecular weight excluding hydrogens is 513 g/mol. The largest absolute Gasteiger partial charge is 0.512 e. The van der Waals surface area contributed by atoms with Crippen LogP contribution >= 0.6 is 0 Å². The Kier molecular flexibility index (Phi) is 7.91. The molecule has 0 atom stereocenters. The van der Waals surface area contributed by atoms with Gasteiger partial charge >= 0.3 is 0 Å². The second-order valence-electron chi connectivity index (χ2n) is 7.74. The van der Waals surface area contributed by atoms with Crippen LogP contribution in [-0.4, -0.2) is 23.9 Å². The fourth-order valence-corrected chi connectivity index (χ4v) is 9.51. The van der Waals surface area contributed by atoms with Crippen LogP contribution in [-0.2, 0) is 24.3 Å². The molecule has 167 valence electrons. The third-order valence-electron chi connectivity index (χ3n) is 5.53. The predicted molar refractivity (Wildman–Crippen MR) is 133 cm³/mol. The fourth-order valence-electron chi connectivity index (χ4n) is 4.46. The number of carbonyl (C=O) groups excluding carboxylic acids is 1. The van der Waals surface area contributed by atoms with E-state index in [1.807, 2.05) is 12.3 Å². The number of aliphatic hydroxyl groups excluding tert-OH is 1. The average molecular weight is 537 g/mol. The van der Waals surface area contributed by atoms with Gasteiger partial charge in [0.2, 0.25) is 0 Å². The molecular formula is C28H24NO2RhSi-. The summed E-state index contributed by atoms with van der Waals surface area (Å²) in [4.78, 5) is 14.8. The minimum absolute atomic E-state index is 0. The van der Waals surface area contributed by atoms with Crippen molar-refractivity contribution in [3.63, 3.8) is 0 Å². The van der Waals surface area contributed by atoms with Gasteiger partial charge in [0, 0.05) is 31.8 Å². The van der Waals surface area contributed by atoms with Gasteiger partial charge in [-0.2, -0.15) is 0 Å². The molecule has 0 saturated heterocycles. The normalized spacial score (nSPS) is 13.0. The summed E-state index contributed by atoms with van der Waals surface area (Å²) in [6.45, 7) is 2.85. The molecule has 4 aromatic rings. The Hall–Kier alpha value is -3.14. The molecule has 0 amide bonds. The van der Waals surface area contributed by atoms with Gasteiger partial charge < -0.3 is 10.1 Å². The number of benzene rings is 3. The summed E-state index contributed by atoms with van der Waals surface area (Å²) in [5.74, 6) is -0.0625. The summed E-state index contributed by atoms with van der Waals surface area (Å²) in [5, 5.41) is 13.9. The Bertz CT molecular complexity index is 1180. The molecule has 2 heterocycles. The van der Waals surface area contributed by atoms with Crippen molar-refractivity contribution >= 4 is 34.6 Å². The number of ketones is 1. The molecule has 1 N–H and O–H groups in total. The quantitative estimate of drug-likeness (QED) is 0.166. The van der Waals surface area contributed by atoms with Gasteiger partial charge in [-0.05, 0) is 25.6 Å². The molecule has 5 rings (SSSR count).